The van der Waals surface area contributed by atoms with Gasteiger partial charge in [-0.2, -0.15) is 0 Å². The summed E-state index contributed by atoms with van der Waals surface area (Å²) in [4.78, 5) is 25.3. The predicted octanol–water partition coefficient (Wildman–Crippen LogP) is 2.48. The van der Waals surface area contributed by atoms with Gasteiger partial charge in [-0.25, -0.2) is 4.79 Å². The van der Waals surface area contributed by atoms with Gasteiger partial charge in [0, 0.05) is 31.3 Å². The van der Waals surface area contributed by atoms with Crippen LogP contribution in [0.4, 0.5) is 4.79 Å². The molecule has 2 unspecified atom stereocenters. The van der Waals surface area contributed by atoms with Crippen molar-refractivity contribution in [1.82, 2.24) is 4.90 Å². The van der Waals surface area contributed by atoms with Crippen LogP contribution in [0, 0.1) is 0 Å². The van der Waals surface area contributed by atoms with Crippen LogP contribution in [0.2, 0.25) is 0 Å². The molecule has 2 aliphatic rings. The molecular formula is C14H23NO4. The number of hydrogen-bond donors (Lipinski definition) is 0. The number of rotatable bonds is 4. The molecule has 2 atom stereocenters. The monoisotopic (exact) mass is 269 g/mol. The minimum atomic E-state index is -0.215. The smallest absolute Gasteiger partial charge is 0.410 e. The van der Waals surface area contributed by atoms with Crippen LogP contribution < -0.4 is 0 Å². The minimum Gasteiger partial charge on any atom is -0.462 e. The van der Waals surface area contributed by atoms with Crippen molar-refractivity contribution in [2.24, 2.45) is 0 Å². The van der Waals surface area contributed by atoms with Crippen LogP contribution >= 0.6 is 0 Å². The molecule has 19 heavy (non-hydrogen) atoms. The normalized spacial score (nSPS) is 29.2. The molecule has 0 aliphatic carbocycles. The Kier molecular flexibility index (Phi) is 4.66. The van der Waals surface area contributed by atoms with E-state index in [2.05, 4.69) is 0 Å². The van der Waals surface area contributed by atoms with Gasteiger partial charge in [0.1, 0.15) is 6.10 Å². The minimum absolute atomic E-state index is 0.0257. The predicted molar refractivity (Wildman–Crippen MR) is 69.7 cm³/mol. The first-order valence-corrected chi connectivity index (χ1v) is 7.30. The van der Waals surface area contributed by atoms with Gasteiger partial charge in [0.2, 0.25) is 0 Å². The van der Waals surface area contributed by atoms with Crippen LogP contribution in [0.15, 0.2) is 0 Å². The lowest BCUT2D eigenvalue weighted by Crippen LogP contribution is -2.49. The molecule has 0 saturated carbocycles. The van der Waals surface area contributed by atoms with E-state index in [-0.39, 0.29) is 30.3 Å². The van der Waals surface area contributed by atoms with E-state index in [1.54, 1.807) is 0 Å². The number of ether oxygens (including phenoxy) is 2. The van der Waals surface area contributed by atoms with Crippen molar-refractivity contribution in [1.29, 1.82) is 0 Å². The first-order chi connectivity index (χ1) is 9.15. The number of esters is 1. The van der Waals surface area contributed by atoms with E-state index in [1.165, 1.54) is 0 Å². The standard InChI is InChI=1S/C14H23NO4/c1-3-5-13(16)19-12-8-10-6-7-11(9-12)15(10)14(17)18-4-2/h10-12H,3-9H2,1-2H3. The molecule has 2 aliphatic heterocycles. The molecule has 0 radical (unpaired) electrons. The molecule has 2 fully saturated rings. The molecule has 0 aromatic carbocycles. The maximum atomic E-state index is 11.9. The molecule has 2 rings (SSSR count). The second-order valence-electron chi connectivity index (χ2n) is 5.32. The summed E-state index contributed by atoms with van der Waals surface area (Å²) < 4.78 is 10.6. The van der Waals surface area contributed by atoms with Gasteiger partial charge < -0.3 is 14.4 Å². The average molecular weight is 269 g/mol. The average Bonchev–Trinajstić information content (AvgIpc) is 2.62. The Morgan fingerprint density at radius 2 is 1.79 bits per heavy atom. The van der Waals surface area contributed by atoms with E-state index in [4.69, 9.17) is 9.47 Å². The summed E-state index contributed by atoms with van der Waals surface area (Å²) in [5, 5.41) is 0. The fraction of sp³-hybridized carbons (Fsp3) is 0.857. The lowest BCUT2D eigenvalue weighted by Gasteiger charge is -2.37. The van der Waals surface area contributed by atoms with Crippen molar-refractivity contribution >= 4 is 12.1 Å². The highest BCUT2D eigenvalue weighted by atomic mass is 16.6. The van der Waals surface area contributed by atoms with Gasteiger partial charge in [0.15, 0.2) is 0 Å². The number of hydrogen-bond acceptors (Lipinski definition) is 4. The fourth-order valence-electron chi connectivity index (χ4n) is 3.17. The second-order valence-corrected chi connectivity index (χ2v) is 5.32. The largest absolute Gasteiger partial charge is 0.462 e. The maximum absolute atomic E-state index is 11.9. The van der Waals surface area contributed by atoms with Crippen LogP contribution in [0.1, 0.15) is 52.4 Å². The highest BCUT2D eigenvalue weighted by Gasteiger charge is 2.45. The first-order valence-electron chi connectivity index (χ1n) is 7.30. The molecule has 0 N–H and O–H groups in total. The highest BCUT2D eigenvalue weighted by molar-refractivity contribution is 5.70. The van der Waals surface area contributed by atoms with Gasteiger partial charge in [-0.3, -0.25) is 4.79 Å². The van der Waals surface area contributed by atoms with Gasteiger partial charge in [0.05, 0.1) is 6.61 Å². The molecule has 5 nitrogen and oxygen atoms in total. The Bertz CT molecular complexity index is 330. The number of carbonyl (C=O) groups is 2. The quantitative estimate of drug-likeness (QED) is 0.736. The third-order valence-electron chi connectivity index (χ3n) is 3.92. The maximum Gasteiger partial charge on any atom is 0.410 e. The number of carbonyl (C=O) groups excluding carboxylic acids is 2. The summed E-state index contributed by atoms with van der Waals surface area (Å²) >= 11 is 0. The Hall–Kier alpha value is -1.26. The summed E-state index contributed by atoms with van der Waals surface area (Å²) in [6, 6.07) is 0.356. The van der Waals surface area contributed by atoms with E-state index in [1.807, 2.05) is 18.7 Å². The molecule has 2 heterocycles. The Balaban J connectivity index is 1.90. The SMILES string of the molecule is CCCC(=O)OC1CC2CCC(C1)N2C(=O)OCC. The van der Waals surface area contributed by atoms with E-state index in [0.717, 1.165) is 32.1 Å². The van der Waals surface area contributed by atoms with Crippen LogP contribution in [0.5, 0.6) is 0 Å². The van der Waals surface area contributed by atoms with Crippen molar-refractivity contribution in [2.45, 2.75) is 70.6 Å². The molecule has 0 aromatic heterocycles. The van der Waals surface area contributed by atoms with Crippen molar-refractivity contribution in [3.63, 3.8) is 0 Å². The van der Waals surface area contributed by atoms with Gasteiger partial charge >= 0.3 is 12.1 Å². The van der Waals surface area contributed by atoms with Gasteiger partial charge in [-0.15, -0.1) is 0 Å². The Morgan fingerprint density at radius 3 is 2.32 bits per heavy atom. The summed E-state index contributed by atoms with van der Waals surface area (Å²) in [6.45, 7) is 4.19. The van der Waals surface area contributed by atoms with E-state index < -0.39 is 0 Å². The number of nitrogens with zero attached hydrogens (tertiary/aromatic N) is 1. The van der Waals surface area contributed by atoms with Crippen LogP contribution in [-0.2, 0) is 14.3 Å². The van der Waals surface area contributed by atoms with Crippen LogP contribution in [0.3, 0.4) is 0 Å². The molecule has 1 amide bonds. The topological polar surface area (TPSA) is 55.8 Å². The Morgan fingerprint density at radius 1 is 1.16 bits per heavy atom. The lowest BCUT2D eigenvalue weighted by molar-refractivity contribution is -0.152. The van der Waals surface area contributed by atoms with E-state index in [0.29, 0.717) is 13.0 Å². The molecule has 108 valence electrons. The van der Waals surface area contributed by atoms with E-state index in [9.17, 15) is 9.59 Å². The summed E-state index contributed by atoms with van der Waals surface area (Å²) in [7, 11) is 0. The van der Waals surface area contributed by atoms with Crippen LogP contribution in [-0.4, -0.2) is 41.8 Å². The Labute approximate surface area is 114 Å². The molecule has 0 aromatic rings. The molecular weight excluding hydrogens is 246 g/mol. The number of fused-ring (bicyclic) bond motifs is 2. The number of piperidine rings is 1. The zero-order chi connectivity index (χ0) is 13.8. The van der Waals surface area contributed by atoms with Gasteiger partial charge in [-0.1, -0.05) is 6.92 Å². The molecule has 2 saturated heterocycles. The third kappa shape index (κ3) is 3.19. The first kappa shape index (κ1) is 14.2. The van der Waals surface area contributed by atoms with Gasteiger partial charge in [0.25, 0.3) is 0 Å². The number of amides is 1. The van der Waals surface area contributed by atoms with Crippen molar-refractivity contribution in [2.75, 3.05) is 6.61 Å². The lowest BCUT2D eigenvalue weighted by atomic mass is 10.0. The van der Waals surface area contributed by atoms with Crippen molar-refractivity contribution in [3.8, 4) is 0 Å². The molecule has 2 bridgehead atoms. The van der Waals surface area contributed by atoms with Crippen LogP contribution in [0.25, 0.3) is 0 Å². The zero-order valence-corrected chi connectivity index (χ0v) is 11.8. The summed E-state index contributed by atoms with van der Waals surface area (Å²) in [6.07, 6.45) is 4.54. The van der Waals surface area contributed by atoms with E-state index >= 15 is 0 Å². The molecule has 0 spiro atoms. The molecule has 5 heteroatoms. The zero-order valence-electron chi connectivity index (χ0n) is 11.8. The summed E-state index contributed by atoms with van der Waals surface area (Å²) in [5.74, 6) is -0.114. The summed E-state index contributed by atoms with van der Waals surface area (Å²) in [5.41, 5.74) is 0. The van der Waals surface area contributed by atoms with Gasteiger partial charge in [-0.05, 0) is 26.2 Å². The fourth-order valence-corrected chi connectivity index (χ4v) is 3.17. The highest BCUT2D eigenvalue weighted by Crippen LogP contribution is 2.37. The second kappa shape index (κ2) is 6.26. The third-order valence-corrected chi connectivity index (χ3v) is 3.92. The van der Waals surface area contributed by atoms with Crippen molar-refractivity contribution in [3.05, 3.63) is 0 Å². The van der Waals surface area contributed by atoms with Crippen molar-refractivity contribution < 1.29 is 19.1 Å².